The second-order valence-corrected chi connectivity index (χ2v) is 5.39. The van der Waals surface area contributed by atoms with E-state index < -0.39 is 6.04 Å². The Hall–Kier alpha value is -1.30. The lowest BCUT2D eigenvalue weighted by Gasteiger charge is -2.27. The molecular weight excluding hydrogens is 266 g/mol. The van der Waals surface area contributed by atoms with Gasteiger partial charge in [-0.1, -0.05) is 11.6 Å². The van der Waals surface area contributed by atoms with Crippen molar-refractivity contribution in [1.29, 1.82) is 0 Å². The van der Waals surface area contributed by atoms with E-state index in [9.17, 15) is 4.79 Å². The molecule has 3 N–H and O–H groups in total. The molecule has 0 radical (unpaired) electrons. The number of likely N-dealkylation sites (N-methyl/N-ethyl adjacent to an activating group) is 1. The average Bonchev–Trinajstić information content (AvgIpc) is 3.00. The number of hydrogen-bond donors (Lipinski definition) is 2. The highest BCUT2D eigenvalue weighted by Crippen LogP contribution is 2.38. The lowest BCUT2D eigenvalue weighted by molar-refractivity contribution is -0.116. The fraction of sp³-hybridized carbons (Fsp3) is 0.462. The zero-order valence-corrected chi connectivity index (χ0v) is 11.4. The molecule has 1 saturated heterocycles. The van der Waals surface area contributed by atoms with E-state index in [1.807, 2.05) is 13.1 Å². The summed E-state index contributed by atoms with van der Waals surface area (Å²) in [6.45, 7) is 1.48. The van der Waals surface area contributed by atoms with Crippen LogP contribution in [0.3, 0.4) is 0 Å². The summed E-state index contributed by atoms with van der Waals surface area (Å²) in [6.07, 6.45) is 0.982. The molecule has 2 heterocycles. The summed E-state index contributed by atoms with van der Waals surface area (Å²) in [5.41, 5.74) is 8.21. The Labute approximate surface area is 116 Å². The molecule has 3 rings (SSSR count). The van der Waals surface area contributed by atoms with Gasteiger partial charge in [0, 0.05) is 24.9 Å². The van der Waals surface area contributed by atoms with Crippen LogP contribution in [0.2, 0.25) is 5.02 Å². The lowest BCUT2D eigenvalue weighted by Crippen LogP contribution is -2.32. The summed E-state index contributed by atoms with van der Waals surface area (Å²) in [6, 6.07) is 3.37. The summed E-state index contributed by atoms with van der Waals surface area (Å²) >= 11 is 6.32. The molecule has 1 aromatic rings. The maximum absolute atomic E-state index is 11.6. The van der Waals surface area contributed by atoms with Crippen molar-refractivity contribution in [3.63, 3.8) is 0 Å². The Morgan fingerprint density at radius 3 is 3.00 bits per heavy atom. The first-order valence-corrected chi connectivity index (χ1v) is 6.66. The van der Waals surface area contributed by atoms with Crippen molar-refractivity contribution in [2.45, 2.75) is 18.5 Å². The SMILES string of the molecule is CN(c1cc2c(cc1Cl)C(N)C(=O)N2)C1CCOC1. The van der Waals surface area contributed by atoms with Gasteiger partial charge in [0.1, 0.15) is 6.04 Å². The predicted molar refractivity (Wildman–Crippen MR) is 74.6 cm³/mol. The van der Waals surface area contributed by atoms with Crippen LogP contribution in [0, 0.1) is 0 Å². The highest BCUT2D eigenvalue weighted by molar-refractivity contribution is 6.33. The summed E-state index contributed by atoms with van der Waals surface area (Å²) in [4.78, 5) is 13.7. The van der Waals surface area contributed by atoms with Crippen molar-refractivity contribution in [3.05, 3.63) is 22.7 Å². The number of hydrogen-bond acceptors (Lipinski definition) is 4. The van der Waals surface area contributed by atoms with Gasteiger partial charge in [-0.3, -0.25) is 4.79 Å². The fourth-order valence-electron chi connectivity index (χ4n) is 2.59. The van der Waals surface area contributed by atoms with Gasteiger partial charge in [-0.2, -0.15) is 0 Å². The number of amides is 1. The van der Waals surface area contributed by atoms with E-state index >= 15 is 0 Å². The van der Waals surface area contributed by atoms with Crippen LogP contribution in [0.25, 0.3) is 0 Å². The summed E-state index contributed by atoms with van der Waals surface area (Å²) < 4.78 is 5.39. The first-order chi connectivity index (χ1) is 9.08. The Morgan fingerprint density at radius 2 is 2.32 bits per heavy atom. The normalized spacial score (nSPS) is 25.3. The molecular formula is C13H16ClN3O2. The number of benzene rings is 1. The van der Waals surface area contributed by atoms with Crippen LogP contribution in [0.15, 0.2) is 12.1 Å². The number of fused-ring (bicyclic) bond motifs is 1. The molecule has 5 nitrogen and oxygen atoms in total. The van der Waals surface area contributed by atoms with E-state index in [1.165, 1.54) is 0 Å². The molecule has 102 valence electrons. The van der Waals surface area contributed by atoms with Crippen LogP contribution in [-0.2, 0) is 9.53 Å². The molecule has 19 heavy (non-hydrogen) atoms. The third-order valence-corrected chi connectivity index (χ3v) is 4.13. The molecule has 2 aliphatic rings. The number of ether oxygens (including phenoxy) is 1. The minimum atomic E-state index is -0.623. The number of halogens is 1. The van der Waals surface area contributed by atoms with Crippen LogP contribution in [0.4, 0.5) is 11.4 Å². The van der Waals surface area contributed by atoms with Crippen LogP contribution in [0.5, 0.6) is 0 Å². The predicted octanol–water partition coefficient (Wildman–Crippen LogP) is 1.52. The van der Waals surface area contributed by atoms with Crippen molar-refractivity contribution in [2.24, 2.45) is 5.73 Å². The Bertz CT molecular complexity index is 529. The first-order valence-electron chi connectivity index (χ1n) is 6.28. The van der Waals surface area contributed by atoms with Crippen LogP contribution < -0.4 is 16.0 Å². The van der Waals surface area contributed by atoms with Crippen molar-refractivity contribution in [3.8, 4) is 0 Å². The van der Waals surface area contributed by atoms with E-state index in [-0.39, 0.29) is 5.91 Å². The maximum atomic E-state index is 11.6. The van der Waals surface area contributed by atoms with E-state index in [2.05, 4.69) is 10.2 Å². The number of nitrogens with one attached hydrogen (secondary N) is 1. The smallest absolute Gasteiger partial charge is 0.245 e. The minimum absolute atomic E-state index is 0.185. The molecule has 0 aliphatic carbocycles. The quantitative estimate of drug-likeness (QED) is 0.862. The molecule has 2 aliphatic heterocycles. The van der Waals surface area contributed by atoms with Gasteiger partial charge in [0.2, 0.25) is 5.91 Å². The summed E-state index contributed by atoms with van der Waals surface area (Å²) in [5, 5.41) is 3.39. The molecule has 0 saturated carbocycles. The molecule has 2 atom stereocenters. The van der Waals surface area contributed by atoms with Crippen molar-refractivity contribution >= 4 is 28.9 Å². The second-order valence-electron chi connectivity index (χ2n) is 4.99. The first kappa shape index (κ1) is 12.7. The van der Waals surface area contributed by atoms with Gasteiger partial charge in [-0.15, -0.1) is 0 Å². The fourth-order valence-corrected chi connectivity index (χ4v) is 2.89. The maximum Gasteiger partial charge on any atom is 0.245 e. The van der Waals surface area contributed by atoms with Gasteiger partial charge in [0.05, 0.1) is 23.4 Å². The van der Waals surface area contributed by atoms with Crippen LogP contribution in [-0.4, -0.2) is 32.2 Å². The highest BCUT2D eigenvalue weighted by atomic mass is 35.5. The second kappa shape index (κ2) is 4.67. The molecule has 1 fully saturated rings. The molecule has 6 heteroatoms. The van der Waals surface area contributed by atoms with Crippen molar-refractivity contribution in [2.75, 3.05) is 30.5 Å². The van der Waals surface area contributed by atoms with Gasteiger partial charge >= 0.3 is 0 Å². The average molecular weight is 282 g/mol. The van der Waals surface area contributed by atoms with E-state index in [0.29, 0.717) is 17.7 Å². The van der Waals surface area contributed by atoms with Crippen molar-refractivity contribution < 1.29 is 9.53 Å². The molecule has 0 aromatic heterocycles. The highest BCUT2D eigenvalue weighted by Gasteiger charge is 2.30. The molecule has 1 amide bonds. The van der Waals surface area contributed by atoms with Gasteiger partial charge in [-0.05, 0) is 18.6 Å². The van der Waals surface area contributed by atoms with E-state index in [0.717, 1.165) is 30.0 Å². The van der Waals surface area contributed by atoms with E-state index in [4.69, 9.17) is 22.1 Å². The standard InChI is InChI=1S/C13H16ClN3O2/c1-17(7-2-3-19-6-7)11-5-10-8(4-9(11)14)12(15)13(18)16-10/h4-5,7,12H,2-3,6,15H2,1H3,(H,16,18). The zero-order valence-electron chi connectivity index (χ0n) is 10.6. The molecule has 1 aromatic carbocycles. The zero-order chi connectivity index (χ0) is 13.6. The summed E-state index contributed by atoms with van der Waals surface area (Å²) in [7, 11) is 1.99. The number of anilines is 2. The Morgan fingerprint density at radius 1 is 1.53 bits per heavy atom. The minimum Gasteiger partial charge on any atom is -0.379 e. The monoisotopic (exact) mass is 281 g/mol. The third-order valence-electron chi connectivity index (χ3n) is 3.83. The van der Waals surface area contributed by atoms with Crippen LogP contribution >= 0.6 is 11.6 Å². The lowest BCUT2D eigenvalue weighted by atomic mass is 10.1. The van der Waals surface area contributed by atoms with Crippen molar-refractivity contribution in [1.82, 2.24) is 0 Å². The van der Waals surface area contributed by atoms with Gasteiger partial charge < -0.3 is 20.7 Å². The van der Waals surface area contributed by atoms with Crippen LogP contribution in [0.1, 0.15) is 18.0 Å². The largest absolute Gasteiger partial charge is 0.379 e. The topological polar surface area (TPSA) is 67.6 Å². The van der Waals surface area contributed by atoms with E-state index in [1.54, 1.807) is 6.07 Å². The number of rotatable bonds is 2. The Kier molecular flexibility index (Phi) is 3.12. The molecule has 2 unspecified atom stereocenters. The van der Waals surface area contributed by atoms with Gasteiger partial charge in [0.15, 0.2) is 0 Å². The summed E-state index contributed by atoms with van der Waals surface area (Å²) in [5.74, 6) is -0.185. The molecule has 0 bridgehead atoms. The number of nitrogens with two attached hydrogens (primary N) is 1. The van der Waals surface area contributed by atoms with Gasteiger partial charge in [-0.25, -0.2) is 0 Å². The number of nitrogens with zero attached hydrogens (tertiary/aromatic N) is 1. The Balaban J connectivity index is 1.95. The third kappa shape index (κ3) is 2.08. The molecule has 0 spiro atoms. The van der Waals surface area contributed by atoms with Gasteiger partial charge in [0.25, 0.3) is 0 Å². The number of carbonyl (C=O) groups is 1. The number of carbonyl (C=O) groups excluding carboxylic acids is 1.